The minimum atomic E-state index is -0.524. The lowest BCUT2D eigenvalue weighted by Crippen LogP contribution is -2.49. The number of amides is 2. The Morgan fingerprint density at radius 2 is 1.83 bits per heavy atom. The van der Waals surface area contributed by atoms with Gasteiger partial charge in [0.25, 0.3) is 5.91 Å². The van der Waals surface area contributed by atoms with Crippen molar-refractivity contribution in [2.45, 2.75) is 38.6 Å². The molecule has 1 heterocycles. The average molecular weight is 434 g/mol. The summed E-state index contributed by atoms with van der Waals surface area (Å²) in [4.78, 5) is 26.5. The fraction of sp³-hybridized carbons (Fsp3) is 0.391. The molecule has 1 aliphatic rings. The van der Waals surface area contributed by atoms with E-state index >= 15 is 0 Å². The fourth-order valence-corrected chi connectivity index (χ4v) is 3.70. The van der Waals surface area contributed by atoms with Crippen LogP contribution in [0.25, 0.3) is 11.1 Å². The van der Waals surface area contributed by atoms with Crippen molar-refractivity contribution in [1.29, 1.82) is 0 Å². The number of hydrogen-bond acceptors (Lipinski definition) is 3. The first kappa shape index (κ1) is 23.8. The molecule has 0 aromatic heterocycles. The second-order valence-electron chi connectivity index (χ2n) is 7.55. The minimum Gasteiger partial charge on any atom is -0.354 e. The molecule has 0 aliphatic carbocycles. The molecule has 0 spiro atoms. The molecule has 1 aliphatic heterocycles. The molecule has 1 atom stereocenters. The van der Waals surface area contributed by atoms with Crippen molar-refractivity contribution in [2.75, 3.05) is 19.6 Å². The van der Waals surface area contributed by atoms with Crippen LogP contribution in [0, 0.1) is 12.7 Å². The van der Waals surface area contributed by atoms with Crippen LogP contribution in [-0.4, -0.2) is 42.4 Å². The smallest absolute Gasteiger partial charge is 0.257 e. The third kappa shape index (κ3) is 5.80. The molecule has 0 saturated carbocycles. The molecule has 2 amide bonds. The van der Waals surface area contributed by atoms with Gasteiger partial charge in [-0.25, -0.2) is 4.39 Å². The van der Waals surface area contributed by atoms with E-state index in [0.717, 1.165) is 36.0 Å². The highest BCUT2D eigenvalue weighted by atomic mass is 35.5. The number of nitrogens with zero attached hydrogens (tertiary/aromatic N) is 1. The SMILES string of the molecule is Cc1ccc(-c2ccc(C(=O)N3CCCCC3CNC(=O)CCN)c(F)c2)cc1.Cl. The largest absolute Gasteiger partial charge is 0.354 e. The first-order valence-corrected chi connectivity index (χ1v) is 10.1. The molecule has 30 heavy (non-hydrogen) atoms. The van der Waals surface area contributed by atoms with Gasteiger partial charge in [-0.2, -0.15) is 0 Å². The van der Waals surface area contributed by atoms with Gasteiger partial charge < -0.3 is 16.0 Å². The van der Waals surface area contributed by atoms with E-state index in [0.29, 0.717) is 13.1 Å². The maximum absolute atomic E-state index is 14.8. The van der Waals surface area contributed by atoms with Crippen LogP contribution in [0.2, 0.25) is 0 Å². The van der Waals surface area contributed by atoms with Crippen molar-refractivity contribution in [2.24, 2.45) is 5.73 Å². The number of carbonyl (C=O) groups is 2. The predicted molar refractivity (Wildman–Crippen MR) is 119 cm³/mol. The molecule has 3 N–H and O–H groups in total. The maximum atomic E-state index is 14.8. The Labute approximate surface area is 183 Å². The van der Waals surface area contributed by atoms with Crippen molar-refractivity contribution in [1.82, 2.24) is 10.2 Å². The second-order valence-corrected chi connectivity index (χ2v) is 7.55. The Morgan fingerprint density at radius 1 is 1.13 bits per heavy atom. The van der Waals surface area contributed by atoms with Crippen LogP contribution >= 0.6 is 12.4 Å². The molecule has 0 radical (unpaired) electrons. The normalized spacial score (nSPS) is 16.0. The number of carbonyl (C=O) groups excluding carboxylic acids is 2. The average Bonchev–Trinajstić information content (AvgIpc) is 2.73. The maximum Gasteiger partial charge on any atom is 0.257 e. The Kier molecular flexibility index (Phi) is 8.81. The summed E-state index contributed by atoms with van der Waals surface area (Å²) in [6, 6.07) is 12.5. The van der Waals surface area contributed by atoms with Gasteiger partial charge in [0.2, 0.25) is 5.91 Å². The number of likely N-dealkylation sites (tertiary alicyclic amines) is 1. The van der Waals surface area contributed by atoms with Gasteiger partial charge in [0.1, 0.15) is 5.82 Å². The predicted octanol–water partition coefficient (Wildman–Crippen LogP) is 3.68. The van der Waals surface area contributed by atoms with Gasteiger partial charge in [0.05, 0.1) is 5.56 Å². The van der Waals surface area contributed by atoms with Gasteiger partial charge in [0, 0.05) is 32.1 Å². The van der Waals surface area contributed by atoms with Crippen molar-refractivity contribution in [3.63, 3.8) is 0 Å². The number of nitrogens with one attached hydrogen (secondary N) is 1. The third-order valence-electron chi connectivity index (χ3n) is 5.38. The Morgan fingerprint density at radius 3 is 2.50 bits per heavy atom. The van der Waals surface area contributed by atoms with Gasteiger partial charge in [-0.15, -0.1) is 12.4 Å². The van der Waals surface area contributed by atoms with Crippen LogP contribution in [0.15, 0.2) is 42.5 Å². The second kappa shape index (κ2) is 11.1. The summed E-state index contributed by atoms with van der Waals surface area (Å²) in [5.41, 5.74) is 8.25. The number of hydrogen-bond donors (Lipinski definition) is 2. The molecule has 5 nitrogen and oxygen atoms in total. The van der Waals surface area contributed by atoms with Gasteiger partial charge in [0.15, 0.2) is 0 Å². The Hall–Kier alpha value is -2.44. The van der Waals surface area contributed by atoms with Crippen LogP contribution in [0.4, 0.5) is 4.39 Å². The van der Waals surface area contributed by atoms with E-state index in [1.807, 2.05) is 31.2 Å². The monoisotopic (exact) mass is 433 g/mol. The summed E-state index contributed by atoms with van der Waals surface area (Å²) in [5.74, 6) is -0.973. The van der Waals surface area contributed by atoms with Crippen LogP contribution < -0.4 is 11.1 Å². The van der Waals surface area contributed by atoms with Crippen molar-refractivity contribution in [3.8, 4) is 11.1 Å². The van der Waals surface area contributed by atoms with Crippen molar-refractivity contribution >= 4 is 24.2 Å². The molecular weight excluding hydrogens is 405 g/mol. The molecule has 2 aromatic rings. The highest BCUT2D eigenvalue weighted by Crippen LogP contribution is 2.25. The van der Waals surface area contributed by atoms with Gasteiger partial charge >= 0.3 is 0 Å². The van der Waals surface area contributed by atoms with E-state index in [1.54, 1.807) is 17.0 Å². The molecule has 1 saturated heterocycles. The number of benzene rings is 2. The molecule has 7 heteroatoms. The number of nitrogens with two attached hydrogens (primary N) is 1. The fourth-order valence-electron chi connectivity index (χ4n) is 3.70. The molecule has 3 rings (SSSR count). The van der Waals surface area contributed by atoms with Gasteiger partial charge in [-0.05, 0) is 49.4 Å². The Bertz CT molecular complexity index is 873. The van der Waals surface area contributed by atoms with Crippen molar-refractivity contribution in [3.05, 3.63) is 59.4 Å². The summed E-state index contributed by atoms with van der Waals surface area (Å²) in [5, 5.41) is 2.83. The summed E-state index contributed by atoms with van der Waals surface area (Å²) < 4.78 is 14.8. The van der Waals surface area contributed by atoms with Crippen LogP contribution in [0.5, 0.6) is 0 Å². The zero-order chi connectivity index (χ0) is 20.8. The van der Waals surface area contributed by atoms with Crippen LogP contribution in [0.3, 0.4) is 0 Å². The molecule has 2 aromatic carbocycles. The number of halogens is 2. The topological polar surface area (TPSA) is 75.4 Å². The molecule has 162 valence electrons. The standard InChI is InChI=1S/C23H28FN3O2.ClH/c1-16-5-7-17(8-6-16)18-9-10-20(21(24)14-18)23(29)27-13-3-2-4-19(27)15-26-22(28)11-12-25;/h5-10,14,19H,2-4,11-13,15,25H2,1H3,(H,26,28);1H. The number of aryl methyl sites for hydroxylation is 1. The summed E-state index contributed by atoms with van der Waals surface area (Å²) in [6.07, 6.45) is 2.91. The number of rotatable bonds is 6. The molecule has 1 fully saturated rings. The van der Waals surface area contributed by atoms with Crippen LogP contribution in [0.1, 0.15) is 41.6 Å². The van der Waals surface area contributed by atoms with E-state index in [1.165, 1.54) is 6.07 Å². The lowest BCUT2D eigenvalue weighted by Gasteiger charge is -2.36. The Balaban J connectivity index is 0.00000320. The summed E-state index contributed by atoms with van der Waals surface area (Å²) in [6.45, 7) is 3.22. The van der Waals surface area contributed by atoms with Crippen LogP contribution in [-0.2, 0) is 4.79 Å². The molecule has 0 bridgehead atoms. The van der Waals surface area contributed by atoms with Gasteiger partial charge in [-0.1, -0.05) is 35.9 Å². The van der Waals surface area contributed by atoms with E-state index in [2.05, 4.69) is 5.32 Å². The third-order valence-corrected chi connectivity index (χ3v) is 5.38. The van der Waals surface area contributed by atoms with E-state index in [9.17, 15) is 14.0 Å². The molecular formula is C23H29ClFN3O2. The van der Waals surface area contributed by atoms with E-state index in [-0.39, 0.29) is 48.8 Å². The molecule has 1 unspecified atom stereocenters. The van der Waals surface area contributed by atoms with Gasteiger partial charge in [-0.3, -0.25) is 9.59 Å². The number of piperidine rings is 1. The summed E-state index contributed by atoms with van der Waals surface area (Å²) >= 11 is 0. The zero-order valence-corrected chi connectivity index (χ0v) is 18.0. The van der Waals surface area contributed by atoms with E-state index < -0.39 is 5.82 Å². The minimum absolute atomic E-state index is 0. The lowest BCUT2D eigenvalue weighted by molar-refractivity contribution is -0.121. The van der Waals surface area contributed by atoms with Crippen molar-refractivity contribution < 1.29 is 14.0 Å². The van der Waals surface area contributed by atoms with E-state index in [4.69, 9.17) is 5.73 Å². The first-order valence-electron chi connectivity index (χ1n) is 10.1. The summed E-state index contributed by atoms with van der Waals surface area (Å²) in [7, 11) is 0. The quantitative estimate of drug-likeness (QED) is 0.729. The highest BCUT2D eigenvalue weighted by molar-refractivity contribution is 5.95. The zero-order valence-electron chi connectivity index (χ0n) is 17.2. The first-order chi connectivity index (χ1) is 14.0. The lowest BCUT2D eigenvalue weighted by atomic mass is 9.98. The highest BCUT2D eigenvalue weighted by Gasteiger charge is 2.29.